The zero-order valence-electron chi connectivity index (χ0n) is 9.77. The number of carboxylic acids is 1. The minimum atomic E-state index is -0.700. The third-order valence-corrected chi connectivity index (χ3v) is 3.60. The van der Waals surface area contributed by atoms with Gasteiger partial charge in [-0.3, -0.25) is 9.69 Å². The Morgan fingerprint density at radius 1 is 1.47 bits per heavy atom. The molecule has 0 spiro atoms. The molecule has 92 valence electrons. The van der Waals surface area contributed by atoms with Gasteiger partial charge in [-0.1, -0.05) is 23.7 Å². The average molecular weight is 254 g/mol. The number of aliphatic carboxylic acids is 1. The van der Waals surface area contributed by atoms with E-state index >= 15 is 0 Å². The molecule has 1 N–H and O–H groups in total. The number of likely N-dealkylation sites (tertiary alicyclic amines) is 1. The molecule has 17 heavy (non-hydrogen) atoms. The first-order chi connectivity index (χ1) is 8.06. The summed E-state index contributed by atoms with van der Waals surface area (Å²) in [6.45, 7) is 3.88. The quantitative estimate of drug-likeness (QED) is 0.897. The van der Waals surface area contributed by atoms with E-state index in [1.807, 2.05) is 24.3 Å². The number of benzene rings is 1. The van der Waals surface area contributed by atoms with Gasteiger partial charge in [0.2, 0.25) is 0 Å². The number of nitrogens with zero attached hydrogens (tertiary/aromatic N) is 1. The summed E-state index contributed by atoms with van der Waals surface area (Å²) in [5.41, 5.74) is 1.23. The fourth-order valence-corrected chi connectivity index (χ4v) is 2.38. The summed E-state index contributed by atoms with van der Waals surface area (Å²) in [7, 11) is 0. The Morgan fingerprint density at radius 3 is 2.59 bits per heavy atom. The van der Waals surface area contributed by atoms with Crippen LogP contribution in [-0.2, 0) is 4.79 Å². The molecule has 1 aliphatic rings. The van der Waals surface area contributed by atoms with Crippen LogP contribution in [0.5, 0.6) is 0 Å². The summed E-state index contributed by atoms with van der Waals surface area (Å²) in [6.07, 6.45) is 0.282. The van der Waals surface area contributed by atoms with Gasteiger partial charge in [0, 0.05) is 24.2 Å². The Hall–Kier alpha value is -1.06. The van der Waals surface area contributed by atoms with E-state index in [-0.39, 0.29) is 6.42 Å². The maximum Gasteiger partial charge on any atom is 0.303 e. The number of carbonyl (C=O) groups is 1. The molecule has 1 fully saturated rings. The van der Waals surface area contributed by atoms with Gasteiger partial charge < -0.3 is 5.11 Å². The van der Waals surface area contributed by atoms with Crippen molar-refractivity contribution in [1.82, 2.24) is 4.90 Å². The van der Waals surface area contributed by atoms with Crippen LogP contribution in [0.1, 0.15) is 24.9 Å². The second kappa shape index (κ2) is 5.07. The molecule has 2 rings (SSSR count). The van der Waals surface area contributed by atoms with E-state index in [4.69, 9.17) is 16.7 Å². The number of carboxylic acid groups (broad SMARTS) is 1. The van der Waals surface area contributed by atoms with E-state index in [0.717, 1.165) is 18.1 Å². The van der Waals surface area contributed by atoms with Gasteiger partial charge in [0.15, 0.2) is 0 Å². The van der Waals surface area contributed by atoms with Gasteiger partial charge in [0.1, 0.15) is 0 Å². The van der Waals surface area contributed by atoms with Crippen molar-refractivity contribution in [3.8, 4) is 0 Å². The molecule has 0 aliphatic carbocycles. The zero-order valence-corrected chi connectivity index (χ0v) is 10.5. The average Bonchev–Trinajstić information content (AvgIpc) is 2.23. The molecule has 1 aromatic carbocycles. The second-order valence-electron chi connectivity index (χ2n) is 4.65. The van der Waals surface area contributed by atoms with Crippen molar-refractivity contribution < 1.29 is 9.90 Å². The van der Waals surface area contributed by atoms with E-state index in [1.54, 1.807) is 0 Å². The highest BCUT2D eigenvalue weighted by atomic mass is 35.5. The minimum absolute atomic E-state index is 0.282. The Kier molecular flexibility index (Phi) is 3.69. The van der Waals surface area contributed by atoms with Gasteiger partial charge in [-0.15, -0.1) is 0 Å². The highest BCUT2D eigenvalue weighted by molar-refractivity contribution is 6.30. The fraction of sp³-hybridized carbons (Fsp3) is 0.462. The van der Waals surface area contributed by atoms with E-state index in [0.29, 0.717) is 12.0 Å². The van der Waals surface area contributed by atoms with Crippen molar-refractivity contribution in [3.05, 3.63) is 34.9 Å². The topological polar surface area (TPSA) is 40.5 Å². The molecule has 0 aromatic heterocycles. The molecule has 1 atom stereocenters. The van der Waals surface area contributed by atoms with Gasteiger partial charge in [-0.25, -0.2) is 0 Å². The number of hydrogen-bond acceptors (Lipinski definition) is 2. The van der Waals surface area contributed by atoms with Crippen LogP contribution >= 0.6 is 11.6 Å². The second-order valence-corrected chi connectivity index (χ2v) is 5.08. The highest BCUT2D eigenvalue weighted by Crippen LogP contribution is 2.30. The molecule has 0 radical (unpaired) electrons. The van der Waals surface area contributed by atoms with E-state index in [9.17, 15) is 4.79 Å². The van der Waals surface area contributed by atoms with Crippen LogP contribution in [0.2, 0.25) is 5.02 Å². The third-order valence-electron chi connectivity index (χ3n) is 3.35. The van der Waals surface area contributed by atoms with Gasteiger partial charge in [0.05, 0.1) is 6.42 Å². The molecule has 0 bridgehead atoms. The van der Waals surface area contributed by atoms with Crippen LogP contribution in [0.4, 0.5) is 0 Å². The van der Waals surface area contributed by atoms with Crippen LogP contribution in [0, 0.1) is 5.92 Å². The van der Waals surface area contributed by atoms with Gasteiger partial charge in [0.25, 0.3) is 0 Å². The molecular formula is C13H16ClNO2. The summed E-state index contributed by atoms with van der Waals surface area (Å²) < 4.78 is 0. The molecule has 1 aliphatic heterocycles. The number of halogens is 1. The standard InChI is InChI=1S/C13H16ClNO2/c1-9(11-2-4-12(14)5-3-11)15-7-10(8-15)6-13(16)17/h2-5,9-10H,6-8H2,1H3,(H,16,17). The molecular weight excluding hydrogens is 238 g/mol. The fourth-order valence-electron chi connectivity index (χ4n) is 2.25. The van der Waals surface area contributed by atoms with Crippen LogP contribution in [0.25, 0.3) is 0 Å². The Morgan fingerprint density at radius 2 is 2.06 bits per heavy atom. The Bertz CT molecular complexity index is 398. The third kappa shape index (κ3) is 2.99. The molecule has 1 unspecified atom stereocenters. The smallest absolute Gasteiger partial charge is 0.303 e. The summed E-state index contributed by atoms with van der Waals surface area (Å²) in [5, 5.41) is 9.43. The van der Waals surface area contributed by atoms with Gasteiger partial charge >= 0.3 is 5.97 Å². The summed E-state index contributed by atoms with van der Waals surface area (Å²) in [5.74, 6) is -0.393. The first-order valence-electron chi connectivity index (χ1n) is 5.77. The molecule has 4 heteroatoms. The van der Waals surface area contributed by atoms with Crippen LogP contribution in [0.15, 0.2) is 24.3 Å². The van der Waals surface area contributed by atoms with Crippen molar-refractivity contribution in [2.75, 3.05) is 13.1 Å². The Balaban J connectivity index is 1.88. The number of rotatable bonds is 4. The first kappa shape index (κ1) is 12.4. The SMILES string of the molecule is CC(c1ccc(Cl)cc1)N1CC(CC(=O)O)C1. The van der Waals surface area contributed by atoms with Crippen LogP contribution < -0.4 is 0 Å². The predicted molar refractivity (Wildman–Crippen MR) is 67.2 cm³/mol. The molecule has 1 heterocycles. The highest BCUT2D eigenvalue weighted by Gasteiger charge is 2.31. The largest absolute Gasteiger partial charge is 0.481 e. The molecule has 0 amide bonds. The molecule has 1 saturated heterocycles. The van der Waals surface area contributed by atoms with E-state index in [2.05, 4.69) is 11.8 Å². The van der Waals surface area contributed by atoms with Gasteiger partial charge in [-0.05, 0) is 30.5 Å². The van der Waals surface area contributed by atoms with Crippen LogP contribution in [-0.4, -0.2) is 29.1 Å². The van der Waals surface area contributed by atoms with Crippen molar-refractivity contribution in [2.24, 2.45) is 5.92 Å². The van der Waals surface area contributed by atoms with Crippen LogP contribution in [0.3, 0.4) is 0 Å². The maximum atomic E-state index is 10.6. The molecule has 3 nitrogen and oxygen atoms in total. The normalized spacial score (nSPS) is 18.7. The van der Waals surface area contributed by atoms with Crippen molar-refractivity contribution in [3.63, 3.8) is 0 Å². The summed E-state index contributed by atoms with van der Waals surface area (Å²) >= 11 is 5.85. The lowest BCUT2D eigenvalue weighted by atomic mass is 9.92. The lowest BCUT2D eigenvalue weighted by Gasteiger charge is -2.42. The lowest BCUT2D eigenvalue weighted by molar-refractivity contribution is -0.139. The number of hydrogen-bond donors (Lipinski definition) is 1. The molecule has 0 saturated carbocycles. The summed E-state index contributed by atoms with van der Waals surface area (Å²) in [4.78, 5) is 12.8. The lowest BCUT2D eigenvalue weighted by Crippen LogP contribution is -2.48. The monoisotopic (exact) mass is 253 g/mol. The molecule has 1 aromatic rings. The van der Waals surface area contributed by atoms with E-state index < -0.39 is 5.97 Å². The van der Waals surface area contributed by atoms with Crippen molar-refractivity contribution >= 4 is 17.6 Å². The maximum absolute atomic E-state index is 10.6. The summed E-state index contributed by atoms with van der Waals surface area (Å²) in [6, 6.07) is 8.16. The Labute approximate surface area is 106 Å². The predicted octanol–water partition coefficient (Wildman–Crippen LogP) is 2.81. The van der Waals surface area contributed by atoms with Gasteiger partial charge in [-0.2, -0.15) is 0 Å². The van der Waals surface area contributed by atoms with Crippen molar-refractivity contribution in [2.45, 2.75) is 19.4 Å². The first-order valence-corrected chi connectivity index (χ1v) is 6.15. The zero-order chi connectivity index (χ0) is 12.4. The van der Waals surface area contributed by atoms with E-state index in [1.165, 1.54) is 5.56 Å². The minimum Gasteiger partial charge on any atom is -0.481 e. The van der Waals surface area contributed by atoms with Crippen molar-refractivity contribution in [1.29, 1.82) is 0 Å².